The molecule has 0 aromatic carbocycles. The lowest BCUT2D eigenvalue weighted by atomic mass is 9.93. The van der Waals surface area contributed by atoms with Gasteiger partial charge in [-0.1, -0.05) is 0 Å². The topological polar surface area (TPSA) is 69.6 Å². The van der Waals surface area contributed by atoms with Gasteiger partial charge in [0.2, 0.25) is 5.95 Å². The van der Waals surface area contributed by atoms with Crippen LogP contribution >= 0.6 is 0 Å². The van der Waals surface area contributed by atoms with E-state index in [4.69, 9.17) is 5.11 Å². The largest absolute Gasteiger partial charge is 0.481 e. The van der Waals surface area contributed by atoms with Gasteiger partial charge in [-0.15, -0.1) is 0 Å². The molecule has 1 N–H and O–H groups in total. The highest BCUT2D eigenvalue weighted by Crippen LogP contribution is 2.25. The van der Waals surface area contributed by atoms with Crippen LogP contribution in [-0.2, 0) is 4.79 Å². The Balaban J connectivity index is 2.01. The first-order chi connectivity index (χ1) is 9.56. The lowest BCUT2D eigenvalue weighted by Gasteiger charge is -2.33. The molecule has 0 aliphatic carbocycles. The summed E-state index contributed by atoms with van der Waals surface area (Å²) in [6.07, 6.45) is 4.97. The van der Waals surface area contributed by atoms with Crippen LogP contribution in [0.3, 0.4) is 0 Å². The molecule has 6 nitrogen and oxygen atoms in total. The van der Waals surface area contributed by atoms with Crippen molar-refractivity contribution in [3.05, 3.63) is 12.3 Å². The van der Waals surface area contributed by atoms with Crippen LogP contribution < -0.4 is 9.80 Å². The monoisotopic (exact) mass is 278 g/mol. The third kappa shape index (κ3) is 3.82. The molecule has 2 rings (SSSR count). The van der Waals surface area contributed by atoms with Crippen molar-refractivity contribution in [2.24, 2.45) is 5.92 Å². The van der Waals surface area contributed by atoms with Crippen molar-refractivity contribution >= 4 is 17.7 Å². The molecule has 1 fully saturated rings. The summed E-state index contributed by atoms with van der Waals surface area (Å²) < 4.78 is 0. The Morgan fingerprint density at radius 2 is 2.35 bits per heavy atom. The van der Waals surface area contributed by atoms with E-state index in [0.717, 1.165) is 38.2 Å². The number of anilines is 2. The van der Waals surface area contributed by atoms with Gasteiger partial charge in [0.1, 0.15) is 5.82 Å². The zero-order valence-corrected chi connectivity index (χ0v) is 12.1. The molecule has 0 amide bonds. The van der Waals surface area contributed by atoms with Crippen molar-refractivity contribution < 1.29 is 9.90 Å². The Labute approximate surface area is 119 Å². The van der Waals surface area contributed by atoms with Crippen molar-refractivity contribution in [1.82, 2.24) is 9.97 Å². The number of rotatable bonds is 5. The maximum absolute atomic E-state index is 10.7. The van der Waals surface area contributed by atoms with Gasteiger partial charge in [0, 0.05) is 39.8 Å². The molecule has 1 unspecified atom stereocenters. The number of carboxylic acid groups (broad SMARTS) is 1. The highest BCUT2D eigenvalue weighted by atomic mass is 16.4. The van der Waals surface area contributed by atoms with Gasteiger partial charge < -0.3 is 14.9 Å². The molecule has 1 aliphatic heterocycles. The van der Waals surface area contributed by atoms with E-state index in [-0.39, 0.29) is 6.42 Å². The minimum Gasteiger partial charge on any atom is -0.481 e. The van der Waals surface area contributed by atoms with Gasteiger partial charge in [0.15, 0.2) is 0 Å². The Morgan fingerprint density at radius 1 is 1.55 bits per heavy atom. The summed E-state index contributed by atoms with van der Waals surface area (Å²) >= 11 is 0. The van der Waals surface area contributed by atoms with E-state index < -0.39 is 5.97 Å². The third-order valence-electron chi connectivity index (χ3n) is 3.64. The Hall–Kier alpha value is -1.85. The molecular formula is C14H22N4O2. The van der Waals surface area contributed by atoms with E-state index in [9.17, 15) is 4.79 Å². The fraction of sp³-hybridized carbons (Fsp3) is 0.643. The molecule has 1 aromatic rings. The molecule has 6 heteroatoms. The summed E-state index contributed by atoms with van der Waals surface area (Å²) in [4.78, 5) is 23.6. The van der Waals surface area contributed by atoms with Crippen molar-refractivity contribution in [1.29, 1.82) is 0 Å². The van der Waals surface area contributed by atoms with E-state index >= 15 is 0 Å². The van der Waals surface area contributed by atoms with Crippen LogP contribution in [0.4, 0.5) is 11.8 Å². The number of hydrogen-bond acceptors (Lipinski definition) is 5. The molecule has 1 saturated heterocycles. The summed E-state index contributed by atoms with van der Waals surface area (Å²) in [6, 6.07) is 1.92. The highest BCUT2D eigenvalue weighted by molar-refractivity contribution is 5.66. The predicted molar refractivity (Wildman–Crippen MR) is 78.2 cm³/mol. The summed E-state index contributed by atoms with van der Waals surface area (Å²) in [7, 11) is 3.84. The van der Waals surface area contributed by atoms with Crippen LogP contribution in [0.25, 0.3) is 0 Å². The molecule has 0 bridgehead atoms. The standard InChI is InChI=1S/C14H22N4O2/c1-17(2)14-15-8-7-12(16-14)18-9-3-4-11(10-18)5-6-13(19)20/h7-8,11H,3-6,9-10H2,1-2H3,(H,19,20). The van der Waals surface area contributed by atoms with E-state index in [2.05, 4.69) is 14.9 Å². The summed E-state index contributed by atoms with van der Waals surface area (Å²) in [5.74, 6) is 1.37. The van der Waals surface area contributed by atoms with E-state index in [0.29, 0.717) is 11.9 Å². The lowest BCUT2D eigenvalue weighted by Crippen LogP contribution is -2.36. The fourth-order valence-corrected chi connectivity index (χ4v) is 2.57. The molecule has 0 radical (unpaired) electrons. The highest BCUT2D eigenvalue weighted by Gasteiger charge is 2.21. The van der Waals surface area contributed by atoms with E-state index in [1.54, 1.807) is 6.20 Å². The number of hydrogen-bond donors (Lipinski definition) is 1. The zero-order chi connectivity index (χ0) is 14.5. The van der Waals surface area contributed by atoms with Crippen molar-refractivity contribution in [3.63, 3.8) is 0 Å². The zero-order valence-electron chi connectivity index (χ0n) is 12.1. The van der Waals surface area contributed by atoms with Crippen LogP contribution in [0.5, 0.6) is 0 Å². The molecule has 2 heterocycles. The molecular weight excluding hydrogens is 256 g/mol. The molecule has 20 heavy (non-hydrogen) atoms. The molecule has 1 aliphatic rings. The van der Waals surface area contributed by atoms with Crippen molar-refractivity contribution in [2.75, 3.05) is 37.0 Å². The Kier molecular flexibility index (Phi) is 4.76. The number of nitrogens with zero attached hydrogens (tertiary/aromatic N) is 4. The van der Waals surface area contributed by atoms with E-state index in [1.165, 1.54) is 0 Å². The van der Waals surface area contributed by atoms with Crippen molar-refractivity contribution in [2.45, 2.75) is 25.7 Å². The van der Waals surface area contributed by atoms with E-state index in [1.807, 2.05) is 25.1 Å². The fourth-order valence-electron chi connectivity index (χ4n) is 2.57. The van der Waals surface area contributed by atoms with Gasteiger partial charge in [0.05, 0.1) is 0 Å². The Bertz CT molecular complexity index is 464. The van der Waals surface area contributed by atoms with Gasteiger partial charge in [-0.05, 0) is 31.2 Å². The van der Waals surface area contributed by atoms with Crippen LogP contribution in [-0.4, -0.2) is 48.2 Å². The van der Waals surface area contributed by atoms with Crippen LogP contribution in [0.1, 0.15) is 25.7 Å². The maximum Gasteiger partial charge on any atom is 0.303 e. The van der Waals surface area contributed by atoms with Gasteiger partial charge in [0.25, 0.3) is 0 Å². The lowest BCUT2D eigenvalue weighted by molar-refractivity contribution is -0.137. The number of carboxylic acids is 1. The maximum atomic E-state index is 10.7. The molecule has 1 atom stereocenters. The molecule has 1 aromatic heterocycles. The average molecular weight is 278 g/mol. The van der Waals surface area contributed by atoms with Gasteiger partial charge in [-0.25, -0.2) is 4.98 Å². The first-order valence-corrected chi connectivity index (χ1v) is 7.03. The normalized spacial score (nSPS) is 18.9. The minimum atomic E-state index is -0.709. The van der Waals surface area contributed by atoms with Crippen LogP contribution in [0.2, 0.25) is 0 Å². The second kappa shape index (κ2) is 6.54. The van der Waals surface area contributed by atoms with Crippen LogP contribution in [0, 0.1) is 5.92 Å². The van der Waals surface area contributed by atoms with Gasteiger partial charge in [-0.2, -0.15) is 4.98 Å². The second-order valence-electron chi connectivity index (χ2n) is 5.50. The van der Waals surface area contributed by atoms with Gasteiger partial charge >= 0.3 is 5.97 Å². The predicted octanol–water partition coefficient (Wildman–Crippen LogP) is 1.62. The summed E-state index contributed by atoms with van der Waals surface area (Å²) in [6.45, 7) is 1.87. The minimum absolute atomic E-state index is 0.255. The second-order valence-corrected chi connectivity index (χ2v) is 5.50. The SMILES string of the molecule is CN(C)c1nccc(N2CCCC(CCC(=O)O)C2)n1. The molecule has 0 spiro atoms. The third-order valence-corrected chi connectivity index (χ3v) is 3.64. The first kappa shape index (κ1) is 14.6. The number of aliphatic carboxylic acids is 1. The summed E-state index contributed by atoms with van der Waals surface area (Å²) in [5.41, 5.74) is 0. The summed E-state index contributed by atoms with van der Waals surface area (Å²) in [5, 5.41) is 8.78. The number of carbonyl (C=O) groups is 1. The van der Waals surface area contributed by atoms with Gasteiger partial charge in [-0.3, -0.25) is 4.79 Å². The smallest absolute Gasteiger partial charge is 0.303 e. The Morgan fingerprint density at radius 3 is 3.05 bits per heavy atom. The average Bonchev–Trinajstić information content (AvgIpc) is 2.45. The molecule has 110 valence electrons. The number of aromatic nitrogens is 2. The molecule has 0 saturated carbocycles. The van der Waals surface area contributed by atoms with Crippen LogP contribution in [0.15, 0.2) is 12.3 Å². The quantitative estimate of drug-likeness (QED) is 0.882. The number of piperidine rings is 1. The van der Waals surface area contributed by atoms with Crippen molar-refractivity contribution in [3.8, 4) is 0 Å². The first-order valence-electron chi connectivity index (χ1n) is 7.03.